The van der Waals surface area contributed by atoms with Crippen molar-refractivity contribution in [2.45, 2.75) is 38.1 Å². The Labute approximate surface area is 247 Å². The van der Waals surface area contributed by atoms with Crippen molar-refractivity contribution in [3.63, 3.8) is 0 Å². The number of nitrogens with zero attached hydrogens (tertiary/aromatic N) is 1. The molecule has 1 unspecified atom stereocenters. The minimum Gasteiger partial charge on any atom is -0.397 e. The van der Waals surface area contributed by atoms with Crippen molar-refractivity contribution in [3.8, 4) is 0 Å². The van der Waals surface area contributed by atoms with E-state index in [1.807, 2.05) is 0 Å². The molecule has 3 aromatic rings. The smallest absolute Gasteiger partial charge is 0.264 e. The first kappa shape index (κ1) is 29.0. The molecule has 12 nitrogen and oxygen atoms in total. The van der Waals surface area contributed by atoms with Crippen molar-refractivity contribution in [3.05, 3.63) is 83.4 Å². The predicted octanol–water partition coefficient (Wildman–Crippen LogP) is 3.14. The summed E-state index contributed by atoms with van der Waals surface area (Å²) in [6, 6.07) is 17.3. The number of anilines is 4. The van der Waals surface area contributed by atoms with Gasteiger partial charge in [-0.25, -0.2) is 0 Å². The molecule has 1 fully saturated rings. The Bertz CT molecular complexity index is 1620. The van der Waals surface area contributed by atoms with Crippen LogP contribution in [-0.2, 0) is 14.4 Å². The van der Waals surface area contributed by atoms with Crippen LogP contribution in [0.5, 0.6) is 0 Å². The molecule has 0 aromatic heterocycles. The second-order valence-corrected chi connectivity index (χ2v) is 10.2. The van der Waals surface area contributed by atoms with Crippen LogP contribution in [-0.4, -0.2) is 52.9 Å². The lowest BCUT2D eigenvalue weighted by Gasteiger charge is -2.27. The fourth-order valence-electron chi connectivity index (χ4n) is 5.03. The molecule has 2 aliphatic rings. The van der Waals surface area contributed by atoms with E-state index >= 15 is 0 Å². The summed E-state index contributed by atoms with van der Waals surface area (Å²) in [6.07, 6.45) is 1.56. The maximum absolute atomic E-state index is 13.2. The van der Waals surface area contributed by atoms with Gasteiger partial charge in [0.2, 0.25) is 17.7 Å². The SMILES string of the molecule is Nc1ccccc1NC(=O)c1ccc(NC(=O)CCCCNc2cccc3c2C(=O)N(C2CCC(=O)NC2=O)C3=O)cc1. The van der Waals surface area contributed by atoms with E-state index in [1.165, 1.54) is 6.07 Å². The van der Waals surface area contributed by atoms with Crippen LogP contribution in [0.25, 0.3) is 0 Å². The van der Waals surface area contributed by atoms with E-state index in [9.17, 15) is 28.8 Å². The third-order valence-electron chi connectivity index (χ3n) is 7.25. The first-order chi connectivity index (χ1) is 20.7. The van der Waals surface area contributed by atoms with Crippen molar-refractivity contribution in [2.24, 2.45) is 0 Å². The van der Waals surface area contributed by atoms with Gasteiger partial charge in [-0.15, -0.1) is 0 Å². The van der Waals surface area contributed by atoms with Crippen LogP contribution in [0, 0.1) is 0 Å². The number of nitrogens with two attached hydrogens (primary N) is 1. The Balaban J connectivity index is 1.08. The average molecular weight is 583 g/mol. The van der Waals surface area contributed by atoms with Gasteiger partial charge in [-0.1, -0.05) is 18.2 Å². The molecule has 1 saturated heterocycles. The number of carbonyl (C=O) groups excluding carboxylic acids is 6. The van der Waals surface area contributed by atoms with Gasteiger partial charge < -0.3 is 21.7 Å². The van der Waals surface area contributed by atoms with E-state index < -0.39 is 29.7 Å². The van der Waals surface area contributed by atoms with Crippen LogP contribution in [0.2, 0.25) is 0 Å². The highest BCUT2D eigenvalue weighted by atomic mass is 16.2. The van der Waals surface area contributed by atoms with Gasteiger partial charge in [0.1, 0.15) is 6.04 Å². The van der Waals surface area contributed by atoms with E-state index in [2.05, 4.69) is 21.3 Å². The predicted molar refractivity (Wildman–Crippen MR) is 159 cm³/mol. The summed E-state index contributed by atoms with van der Waals surface area (Å²) in [5, 5.41) is 10.9. The lowest BCUT2D eigenvalue weighted by molar-refractivity contribution is -0.136. The van der Waals surface area contributed by atoms with E-state index in [1.54, 1.807) is 60.7 Å². The number of unbranched alkanes of at least 4 members (excludes halogenated alkanes) is 1. The Hall–Kier alpha value is -5.52. The summed E-state index contributed by atoms with van der Waals surface area (Å²) in [4.78, 5) is 75.8. The molecule has 0 spiro atoms. The average Bonchev–Trinajstić information content (AvgIpc) is 3.24. The largest absolute Gasteiger partial charge is 0.397 e. The number of fused-ring (bicyclic) bond motifs is 1. The second kappa shape index (κ2) is 12.6. The van der Waals surface area contributed by atoms with Gasteiger partial charge in [-0.2, -0.15) is 0 Å². The van der Waals surface area contributed by atoms with Crippen LogP contribution < -0.4 is 27.0 Å². The van der Waals surface area contributed by atoms with Crippen LogP contribution in [0.1, 0.15) is 63.2 Å². The minimum absolute atomic E-state index is 0.0512. The van der Waals surface area contributed by atoms with Crippen LogP contribution in [0.3, 0.4) is 0 Å². The molecule has 43 heavy (non-hydrogen) atoms. The van der Waals surface area contributed by atoms with Crippen molar-refractivity contribution in [1.29, 1.82) is 0 Å². The highest BCUT2D eigenvalue weighted by Crippen LogP contribution is 2.32. The lowest BCUT2D eigenvalue weighted by Crippen LogP contribution is -2.54. The molecular formula is C31H30N6O6. The van der Waals surface area contributed by atoms with Gasteiger partial charge in [0.25, 0.3) is 17.7 Å². The lowest BCUT2D eigenvalue weighted by atomic mass is 10.0. The van der Waals surface area contributed by atoms with E-state index in [-0.39, 0.29) is 42.2 Å². The molecule has 5 rings (SSSR count). The topological polar surface area (TPSA) is 180 Å². The highest BCUT2D eigenvalue weighted by Gasteiger charge is 2.45. The summed E-state index contributed by atoms with van der Waals surface area (Å²) >= 11 is 0. The van der Waals surface area contributed by atoms with Crippen LogP contribution in [0.15, 0.2) is 66.7 Å². The maximum atomic E-state index is 13.2. The highest BCUT2D eigenvalue weighted by molar-refractivity contribution is 6.25. The van der Waals surface area contributed by atoms with Crippen molar-refractivity contribution >= 4 is 58.2 Å². The molecule has 2 aliphatic heterocycles. The Morgan fingerprint density at radius 1 is 0.860 bits per heavy atom. The summed E-state index contributed by atoms with van der Waals surface area (Å²) < 4.78 is 0. The molecule has 220 valence electrons. The molecule has 0 radical (unpaired) electrons. The fourth-order valence-corrected chi connectivity index (χ4v) is 5.03. The number of rotatable bonds is 10. The Kier molecular flexibility index (Phi) is 8.46. The van der Waals surface area contributed by atoms with Gasteiger partial charge in [0.15, 0.2) is 0 Å². The number of carbonyl (C=O) groups is 6. The van der Waals surface area contributed by atoms with Crippen molar-refractivity contribution in [1.82, 2.24) is 10.2 Å². The molecular weight excluding hydrogens is 552 g/mol. The van der Waals surface area contributed by atoms with Crippen LogP contribution in [0.4, 0.5) is 22.7 Å². The molecule has 2 heterocycles. The number of nitrogen functional groups attached to an aromatic ring is 1. The number of benzene rings is 3. The summed E-state index contributed by atoms with van der Waals surface area (Å²) in [7, 11) is 0. The van der Waals surface area contributed by atoms with Gasteiger partial charge >= 0.3 is 0 Å². The third kappa shape index (κ3) is 6.38. The van der Waals surface area contributed by atoms with Gasteiger partial charge in [-0.3, -0.25) is 39.0 Å². The zero-order chi connectivity index (χ0) is 30.5. The molecule has 0 bridgehead atoms. The number of piperidine rings is 1. The molecule has 6 amide bonds. The maximum Gasteiger partial charge on any atom is 0.264 e. The van der Waals surface area contributed by atoms with Gasteiger partial charge in [0.05, 0.1) is 22.5 Å². The number of hydrogen-bond acceptors (Lipinski definition) is 8. The van der Waals surface area contributed by atoms with Crippen molar-refractivity contribution < 1.29 is 28.8 Å². The van der Waals surface area contributed by atoms with Crippen molar-refractivity contribution in [2.75, 3.05) is 28.2 Å². The van der Waals surface area contributed by atoms with Gasteiger partial charge in [0, 0.05) is 36.3 Å². The number of amides is 6. The zero-order valence-electron chi connectivity index (χ0n) is 23.1. The second-order valence-electron chi connectivity index (χ2n) is 10.2. The molecule has 0 saturated carbocycles. The van der Waals surface area contributed by atoms with E-state index in [4.69, 9.17) is 5.73 Å². The number of hydrogen-bond donors (Lipinski definition) is 5. The van der Waals surface area contributed by atoms with Gasteiger partial charge in [-0.05, 0) is 67.8 Å². The Morgan fingerprint density at radius 2 is 1.60 bits per heavy atom. The van der Waals surface area contributed by atoms with Crippen LogP contribution >= 0.6 is 0 Å². The summed E-state index contributed by atoms with van der Waals surface area (Å²) in [6.45, 7) is 0.444. The molecule has 12 heteroatoms. The number of para-hydroxylation sites is 2. The quantitative estimate of drug-likeness (QED) is 0.137. The molecule has 1 atom stereocenters. The Morgan fingerprint density at radius 3 is 2.35 bits per heavy atom. The monoisotopic (exact) mass is 582 g/mol. The standard InChI is InChI=1S/C31H30N6O6/c32-21-7-1-2-8-22(21)35-28(40)18-11-13-19(14-12-18)34-25(38)10-3-4-17-33-23-9-5-6-20-27(23)31(43)37(30(20)42)24-15-16-26(39)36-29(24)41/h1-2,5-9,11-14,24,33H,3-4,10,15-17,32H2,(H,34,38)(H,35,40)(H,36,39,41). The third-order valence-corrected chi connectivity index (χ3v) is 7.25. The van der Waals surface area contributed by atoms with E-state index in [0.717, 1.165) is 4.90 Å². The fraction of sp³-hybridized carbons (Fsp3) is 0.226. The number of nitrogens with one attached hydrogen (secondary N) is 4. The summed E-state index contributed by atoms with van der Waals surface area (Å²) in [5.41, 5.74) is 8.69. The van der Waals surface area contributed by atoms with E-state index in [0.29, 0.717) is 47.7 Å². The molecule has 6 N–H and O–H groups in total. The first-order valence-corrected chi connectivity index (χ1v) is 13.9. The molecule has 3 aromatic carbocycles. The zero-order valence-corrected chi connectivity index (χ0v) is 23.1. The first-order valence-electron chi connectivity index (χ1n) is 13.9. The minimum atomic E-state index is -1.03. The normalized spacial score (nSPS) is 16.0. The molecule has 0 aliphatic carbocycles. The number of imide groups is 2. The summed E-state index contributed by atoms with van der Waals surface area (Å²) in [5.74, 6) is -2.73.